The van der Waals surface area contributed by atoms with E-state index in [2.05, 4.69) is 5.32 Å². The summed E-state index contributed by atoms with van der Waals surface area (Å²) in [5.74, 6) is -0.218. The molecule has 0 bridgehead atoms. The first kappa shape index (κ1) is 20.5. The van der Waals surface area contributed by atoms with Crippen LogP contribution in [0.1, 0.15) is 24.1 Å². The maximum Gasteiger partial charge on any atom is 0.280 e. The van der Waals surface area contributed by atoms with E-state index in [1.165, 1.54) is 26.4 Å². The third-order valence-corrected chi connectivity index (χ3v) is 4.04. The second-order valence-electron chi connectivity index (χ2n) is 5.80. The van der Waals surface area contributed by atoms with Gasteiger partial charge in [0, 0.05) is 0 Å². The molecule has 144 valence electrons. The number of benzene rings is 2. The van der Waals surface area contributed by atoms with Crippen LogP contribution < -0.4 is 14.8 Å². The van der Waals surface area contributed by atoms with Crippen LogP contribution in [0.15, 0.2) is 48.0 Å². The number of nitrogens with zero attached hydrogens (tertiary/aromatic N) is 2. The number of hydrogen-bond acceptors (Lipinski definition) is 6. The maximum atomic E-state index is 12.5. The lowest BCUT2D eigenvalue weighted by Crippen LogP contribution is -2.27. The van der Waals surface area contributed by atoms with Gasteiger partial charge in [0.1, 0.15) is 11.6 Å². The third-order valence-electron chi connectivity index (χ3n) is 4.04. The van der Waals surface area contributed by atoms with E-state index in [0.29, 0.717) is 0 Å². The summed E-state index contributed by atoms with van der Waals surface area (Å²) in [4.78, 5) is 23.3. The first-order chi connectivity index (χ1) is 13.4. The molecule has 1 N–H and O–H groups in total. The summed E-state index contributed by atoms with van der Waals surface area (Å²) in [5, 5.41) is 23.5. The van der Waals surface area contributed by atoms with Crippen molar-refractivity contribution in [2.24, 2.45) is 0 Å². The molecular formula is C20H19N3O5. The van der Waals surface area contributed by atoms with Crippen LogP contribution in [0.5, 0.6) is 11.5 Å². The van der Waals surface area contributed by atoms with Crippen molar-refractivity contribution in [3.8, 4) is 17.6 Å². The Morgan fingerprint density at radius 3 is 2.36 bits per heavy atom. The van der Waals surface area contributed by atoms with Crippen molar-refractivity contribution in [1.82, 2.24) is 5.32 Å². The minimum atomic E-state index is -0.636. The van der Waals surface area contributed by atoms with Crippen molar-refractivity contribution >= 4 is 17.7 Å². The number of nitro groups is 1. The van der Waals surface area contributed by atoms with Crippen LogP contribution in [0.4, 0.5) is 5.69 Å². The van der Waals surface area contributed by atoms with Gasteiger partial charge in [-0.3, -0.25) is 14.9 Å². The van der Waals surface area contributed by atoms with Crippen LogP contribution >= 0.6 is 0 Å². The zero-order valence-corrected chi connectivity index (χ0v) is 15.6. The first-order valence-corrected chi connectivity index (χ1v) is 8.29. The van der Waals surface area contributed by atoms with Crippen LogP contribution in [0, 0.1) is 21.4 Å². The van der Waals surface area contributed by atoms with Gasteiger partial charge < -0.3 is 14.8 Å². The number of nitriles is 1. The van der Waals surface area contributed by atoms with Gasteiger partial charge in [0.05, 0.1) is 36.8 Å². The number of carbonyl (C=O) groups is 1. The van der Waals surface area contributed by atoms with Crippen molar-refractivity contribution in [3.63, 3.8) is 0 Å². The second-order valence-corrected chi connectivity index (χ2v) is 5.80. The van der Waals surface area contributed by atoms with Crippen molar-refractivity contribution in [2.75, 3.05) is 14.2 Å². The molecule has 28 heavy (non-hydrogen) atoms. The van der Waals surface area contributed by atoms with Gasteiger partial charge in [-0.05, 0) is 24.6 Å². The maximum absolute atomic E-state index is 12.5. The number of hydrogen-bond donors (Lipinski definition) is 1. The molecule has 0 aliphatic heterocycles. The summed E-state index contributed by atoms with van der Waals surface area (Å²) in [7, 11) is 2.74. The Morgan fingerprint density at radius 2 is 1.82 bits per heavy atom. The molecule has 0 saturated heterocycles. The number of methoxy groups -OCH3 is 2. The molecule has 0 saturated carbocycles. The normalized spacial score (nSPS) is 11.9. The fourth-order valence-corrected chi connectivity index (χ4v) is 2.56. The summed E-state index contributed by atoms with van der Waals surface area (Å²) in [6.07, 6.45) is 1.16. The predicted octanol–water partition coefficient (Wildman–Crippen LogP) is 3.40. The molecule has 0 unspecified atom stereocenters. The van der Waals surface area contributed by atoms with E-state index in [1.807, 2.05) is 30.3 Å². The Kier molecular flexibility index (Phi) is 6.71. The molecule has 2 aromatic carbocycles. The van der Waals surface area contributed by atoms with Crippen LogP contribution in [0.2, 0.25) is 0 Å². The van der Waals surface area contributed by atoms with Gasteiger partial charge in [0.25, 0.3) is 11.6 Å². The van der Waals surface area contributed by atoms with Gasteiger partial charge in [-0.2, -0.15) is 5.26 Å². The Hall–Kier alpha value is -3.86. The highest BCUT2D eigenvalue weighted by Gasteiger charge is 2.21. The average molecular weight is 381 g/mol. The van der Waals surface area contributed by atoms with Gasteiger partial charge in [0.15, 0.2) is 11.5 Å². The summed E-state index contributed by atoms with van der Waals surface area (Å²) in [5.41, 5.74) is 0.347. The van der Waals surface area contributed by atoms with E-state index >= 15 is 0 Å². The average Bonchev–Trinajstić information content (AvgIpc) is 2.71. The number of nitrogens with one attached hydrogen (secondary N) is 1. The minimum Gasteiger partial charge on any atom is -0.493 e. The molecule has 0 aliphatic carbocycles. The first-order valence-electron chi connectivity index (χ1n) is 8.29. The molecular weight excluding hydrogens is 362 g/mol. The van der Waals surface area contributed by atoms with Crippen LogP contribution in [0.25, 0.3) is 6.08 Å². The predicted molar refractivity (Wildman–Crippen MR) is 103 cm³/mol. The van der Waals surface area contributed by atoms with E-state index < -0.39 is 10.8 Å². The summed E-state index contributed by atoms with van der Waals surface area (Å²) in [6.45, 7) is 1.78. The van der Waals surface area contributed by atoms with E-state index in [4.69, 9.17) is 9.47 Å². The van der Waals surface area contributed by atoms with Crippen molar-refractivity contribution in [3.05, 3.63) is 69.3 Å². The second kappa shape index (κ2) is 9.19. The Morgan fingerprint density at radius 1 is 1.21 bits per heavy atom. The lowest BCUT2D eigenvalue weighted by molar-refractivity contribution is -0.385. The smallest absolute Gasteiger partial charge is 0.280 e. The highest BCUT2D eigenvalue weighted by molar-refractivity contribution is 6.02. The number of amides is 1. The SMILES string of the molecule is COc1cc(/C=C(/C#N)C(=O)N[C@H](C)c2ccccc2)c([N+](=O)[O-])cc1OC. The molecule has 2 aromatic rings. The lowest BCUT2D eigenvalue weighted by Gasteiger charge is -2.14. The zero-order valence-electron chi connectivity index (χ0n) is 15.6. The number of ether oxygens (including phenoxy) is 2. The van der Waals surface area contributed by atoms with E-state index in [0.717, 1.165) is 11.6 Å². The van der Waals surface area contributed by atoms with Crippen LogP contribution in [0.3, 0.4) is 0 Å². The summed E-state index contributed by atoms with van der Waals surface area (Å²) in [6, 6.07) is 13.2. The van der Waals surface area contributed by atoms with Gasteiger partial charge in [0.2, 0.25) is 0 Å². The Labute approximate surface area is 162 Å². The number of nitro benzene ring substituents is 1. The molecule has 0 aliphatic rings. The lowest BCUT2D eigenvalue weighted by atomic mass is 10.1. The summed E-state index contributed by atoms with van der Waals surface area (Å²) >= 11 is 0. The van der Waals surface area contributed by atoms with Gasteiger partial charge in [-0.25, -0.2) is 0 Å². The Balaban J connectivity index is 2.39. The molecule has 0 spiro atoms. The molecule has 8 heteroatoms. The van der Waals surface area contributed by atoms with Crippen molar-refractivity contribution in [1.29, 1.82) is 5.26 Å². The van der Waals surface area contributed by atoms with E-state index in [1.54, 1.807) is 13.0 Å². The molecule has 8 nitrogen and oxygen atoms in total. The zero-order chi connectivity index (χ0) is 20.7. The quantitative estimate of drug-likeness (QED) is 0.340. The van der Waals surface area contributed by atoms with Gasteiger partial charge in [-0.1, -0.05) is 30.3 Å². The molecule has 1 atom stereocenters. The van der Waals surface area contributed by atoms with Crippen LogP contribution in [-0.4, -0.2) is 25.1 Å². The highest BCUT2D eigenvalue weighted by Crippen LogP contribution is 2.35. The largest absolute Gasteiger partial charge is 0.493 e. The fourth-order valence-electron chi connectivity index (χ4n) is 2.56. The van der Waals surface area contributed by atoms with Crippen molar-refractivity contribution in [2.45, 2.75) is 13.0 Å². The number of carbonyl (C=O) groups excluding carboxylic acids is 1. The molecule has 0 fully saturated rings. The monoisotopic (exact) mass is 381 g/mol. The minimum absolute atomic E-state index is 0.0571. The molecule has 0 heterocycles. The fraction of sp³-hybridized carbons (Fsp3) is 0.200. The van der Waals surface area contributed by atoms with Gasteiger partial charge >= 0.3 is 0 Å². The summed E-state index contributed by atoms with van der Waals surface area (Å²) < 4.78 is 10.2. The molecule has 1 amide bonds. The van der Waals surface area contributed by atoms with Crippen molar-refractivity contribution < 1.29 is 19.2 Å². The molecule has 0 radical (unpaired) electrons. The highest BCUT2D eigenvalue weighted by atomic mass is 16.6. The standard InChI is InChI=1S/C20H19N3O5/c1-13(14-7-5-4-6-8-14)22-20(24)16(12-21)9-15-10-18(27-2)19(28-3)11-17(15)23(25)26/h4-11,13H,1-3H3,(H,22,24)/b16-9-/t13-/m1/s1. The molecule has 2 rings (SSSR count). The Bertz CT molecular complexity index is 948. The molecule has 0 aromatic heterocycles. The van der Waals surface area contributed by atoms with E-state index in [-0.39, 0.29) is 34.4 Å². The third kappa shape index (κ3) is 4.65. The van der Waals surface area contributed by atoms with E-state index in [9.17, 15) is 20.2 Å². The van der Waals surface area contributed by atoms with Crippen LogP contribution in [-0.2, 0) is 4.79 Å². The van der Waals surface area contributed by atoms with Gasteiger partial charge in [-0.15, -0.1) is 0 Å². The number of rotatable bonds is 7. The topological polar surface area (TPSA) is 114 Å².